The molecule has 1 heterocycles. The highest BCUT2D eigenvalue weighted by atomic mass is 32.2. The zero-order chi connectivity index (χ0) is 16.3. The Morgan fingerprint density at radius 3 is 2.55 bits per heavy atom. The predicted octanol–water partition coefficient (Wildman–Crippen LogP) is 2.17. The number of rotatable bonds is 5. The SMILES string of the molecule is O=C(CSc1ccc(C(F)(F)F)cn1)NC1CC(C(=O)O)C1. The lowest BCUT2D eigenvalue weighted by Crippen LogP contribution is -2.47. The Hall–Kier alpha value is -1.77. The Balaban J connectivity index is 1.74. The van der Waals surface area contributed by atoms with Crippen molar-refractivity contribution in [2.24, 2.45) is 5.92 Å². The average Bonchev–Trinajstić information content (AvgIpc) is 2.39. The van der Waals surface area contributed by atoms with Gasteiger partial charge in [-0.2, -0.15) is 13.2 Å². The fourth-order valence-electron chi connectivity index (χ4n) is 1.98. The van der Waals surface area contributed by atoms with E-state index in [-0.39, 0.29) is 17.7 Å². The maximum Gasteiger partial charge on any atom is 0.417 e. The molecule has 0 aromatic carbocycles. The van der Waals surface area contributed by atoms with Crippen molar-refractivity contribution in [3.8, 4) is 0 Å². The van der Waals surface area contributed by atoms with E-state index in [0.29, 0.717) is 17.9 Å². The van der Waals surface area contributed by atoms with Gasteiger partial charge in [0, 0.05) is 12.2 Å². The smallest absolute Gasteiger partial charge is 0.417 e. The van der Waals surface area contributed by atoms with Crippen LogP contribution in [0.1, 0.15) is 18.4 Å². The van der Waals surface area contributed by atoms with Crippen molar-refractivity contribution in [3.63, 3.8) is 0 Å². The summed E-state index contributed by atoms with van der Waals surface area (Å²) < 4.78 is 37.1. The van der Waals surface area contributed by atoms with E-state index >= 15 is 0 Å². The van der Waals surface area contributed by atoms with E-state index in [2.05, 4.69) is 10.3 Å². The number of aliphatic carboxylic acids is 1. The quantitative estimate of drug-likeness (QED) is 0.807. The third kappa shape index (κ3) is 4.36. The highest BCUT2D eigenvalue weighted by Gasteiger charge is 2.35. The average molecular weight is 334 g/mol. The third-order valence-electron chi connectivity index (χ3n) is 3.27. The maximum atomic E-state index is 12.4. The highest BCUT2D eigenvalue weighted by Crippen LogP contribution is 2.30. The van der Waals surface area contributed by atoms with Crippen molar-refractivity contribution in [1.82, 2.24) is 10.3 Å². The molecular weight excluding hydrogens is 321 g/mol. The van der Waals surface area contributed by atoms with Crippen LogP contribution < -0.4 is 5.32 Å². The van der Waals surface area contributed by atoms with Crippen LogP contribution >= 0.6 is 11.8 Å². The first kappa shape index (κ1) is 16.6. The number of nitrogens with zero attached hydrogens (tertiary/aromatic N) is 1. The number of carboxylic acid groups (broad SMARTS) is 1. The van der Waals surface area contributed by atoms with Crippen molar-refractivity contribution >= 4 is 23.6 Å². The molecule has 1 amide bonds. The summed E-state index contributed by atoms with van der Waals surface area (Å²) in [6.07, 6.45) is -2.89. The molecule has 0 spiro atoms. The number of halogens is 3. The van der Waals surface area contributed by atoms with E-state index in [9.17, 15) is 22.8 Å². The number of carboxylic acids is 1. The molecule has 1 fully saturated rings. The largest absolute Gasteiger partial charge is 0.481 e. The molecule has 120 valence electrons. The zero-order valence-electron chi connectivity index (χ0n) is 11.3. The molecule has 0 bridgehead atoms. The monoisotopic (exact) mass is 334 g/mol. The van der Waals surface area contributed by atoms with Gasteiger partial charge in [-0.25, -0.2) is 4.98 Å². The first-order valence-corrected chi connectivity index (χ1v) is 7.42. The lowest BCUT2D eigenvalue weighted by Gasteiger charge is -2.32. The number of carbonyl (C=O) groups excluding carboxylic acids is 1. The lowest BCUT2D eigenvalue weighted by molar-refractivity contribution is -0.146. The van der Waals surface area contributed by atoms with Gasteiger partial charge in [-0.05, 0) is 25.0 Å². The summed E-state index contributed by atoms with van der Waals surface area (Å²) in [6, 6.07) is 1.98. The number of alkyl halides is 3. The van der Waals surface area contributed by atoms with Gasteiger partial charge in [0.25, 0.3) is 0 Å². The van der Waals surface area contributed by atoms with Crippen LogP contribution in [0.5, 0.6) is 0 Å². The van der Waals surface area contributed by atoms with Gasteiger partial charge in [0.05, 0.1) is 22.3 Å². The number of hydrogen-bond acceptors (Lipinski definition) is 4. The minimum Gasteiger partial charge on any atom is -0.481 e. The van der Waals surface area contributed by atoms with Crippen LogP contribution in [-0.2, 0) is 15.8 Å². The van der Waals surface area contributed by atoms with Gasteiger partial charge in [0.2, 0.25) is 5.91 Å². The van der Waals surface area contributed by atoms with Crippen LogP contribution in [0.4, 0.5) is 13.2 Å². The van der Waals surface area contributed by atoms with E-state index < -0.39 is 23.6 Å². The molecule has 5 nitrogen and oxygen atoms in total. The number of nitrogens with one attached hydrogen (secondary N) is 1. The number of aromatic nitrogens is 1. The number of pyridine rings is 1. The molecule has 0 aliphatic heterocycles. The molecule has 1 aliphatic carbocycles. The van der Waals surface area contributed by atoms with Crippen molar-refractivity contribution in [1.29, 1.82) is 0 Å². The van der Waals surface area contributed by atoms with Gasteiger partial charge >= 0.3 is 12.1 Å². The Labute approximate surface area is 128 Å². The number of hydrogen-bond donors (Lipinski definition) is 2. The first-order valence-electron chi connectivity index (χ1n) is 6.44. The van der Waals surface area contributed by atoms with Gasteiger partial charge in [-0.15, -0.1) is 0 Å². The Kier molecular flexibility index (Phi) is 4.94. The number of thioether (sulfide) groups is 1. The van der Waals surface area contributed by atoms with Crippen LogP contribution in [0, 0.1) is 5.92 Å². The summed E-state index contributed by atoms with van der Waals surface area (Å²) in [4.78, 5) is 25.9. The molecule has 1 aromatic heterocycles. The molecule has 2 N–H and O–H groups in total. The summed E-state index contributed by atoms with van der Waals surface area (Å²) in [7, 11) is 0. The second-order valence-electron chi connectivity index (χ2n) is 4.94. The zero-order valence-corrected chi connectivity index (χ0v) is 12.1. The van der Waals surface area contributed by atoms with Crippen LogP contribution in [-0.4, -0.2) is 33.8 Å². The standard InChI is InChI=1S/C13H13F3N2O3S/c14-13(15,16)8-1-2-11(17-5-8)22-6-10(19)18-9-3-7(4-9)12(20)21/h1-2,5,7,9H,3-4,6H2,(H,18,19)(H,20,21). The Bertz CT molecular complexity index is 557. The maximum absolute atomic E-state index is 12.4. The van der Waals surface area contributed by atoms with Crippen molar-refractivity contribution < 1.29 is 27.9 Å². The van der Waals surface area contributed by atoms with Gasteiger partial charge in [-0.3, -0.25) is 9.59 Å². The summed E-state index contributed by atoms with van der Waals surface area (Å²) in [5.41, 5.74) is -0.838. The van der Waals surface area contributed by atoms with Gasteiger partial charge in [0.15, 0.2) is 0 Å². The fraction of sp³-hybridized carbons (Fsp3) is 0.462. The normalized spacial score (nSPS) is 21.0. The van der Waals surface area contributed by atoms with E-state index in [4.69, 9.17) is 5.11 Å². The minimum absolute atomic E-state index is 0.0204. The minimum atomic E-state index is -4.43. The lowest BCUT2D eigenvalue weighted by atomic mass is 9.80. The fourth-order valence-corrected chi connectivity index (χ4v) is 2.63. The second-order valence-corrected chi connectivity index (χ2v) is 5.94. The summed E-state index contributed by atoms with van der Waals surface area (Å²) in [6.45, 7) is 0. The highest BCUT2D eigenvalue weighted by molar-refractivity contribution is 7.99. The van der Waals surface area contributed by atoms with Gasteiger partial charge in [0.1, 0.15) is 0 Å². The van der Waals surface area contributed by atoms with Gasteiger partial charge < -0.3 is 10.4 Å². The molecule has 2 rings (SSSR count). The molecular formula is C13H13F3N2O3S. The Morgan fingerprint density at radius 1 is 1.36 bits per heavy atom. The molecule has 1 aliphatic rings. The molecule has 1 aromatic rings. The summed E-state index contributed by atoms with van der Waals surface area (Å²) in [5, 5.41) is 11.7. The molecule has 0 unspecified atom stereocenters. The van der Waals surface area contributed by atoms with Crippen LogP contribution in [0.2, 0.25) is 0 Å². The molecule has 0 radical (unpaired) electrons. The molecule has 0 saturated heterocycles. The first-order chi connectivity index (χ1) is 10.3. The third-order valence-corrected chi connectivity index (χ3v) is 4.21. The second kappa shape index (κ2) is 6.55. The van der Waals surface area contributed by atoms with E-state index in [1.165, 1.54) is 6.07 Å². The van der Waals surface area contributed by atoms with Crippen molar-refractivity contribution in [2.75, 3.05) is 5.75 Å². The van der Waals surface area contributed by atoms with Crippen LogP contribution in [0.3, 0.4) is 0 Å². The number of amides is 1. The van der Waals surface area contributed by atoms with Crippen LogP contribution in [0.15, 0.2) is 23.4 Å². The van der Waals surface area contributed by atoms with Crippen molar-refractivity contribution in [3.05, 3.63) is 23.9 Å². The summed E-state index contributed by atoms with van der Waals surface area (Å²) >= 11 is 1.02. The molecule has 22 heavy (non-hydrogen) atoms. The topological polar surface area (TPSA) is 79.3 Å². The van der Waals surface area contributed by atoms with E-state index in [1.54, 1.807) is 0 Å². The predicted molar refractivity (Wildman–Crippen MR) is 72.3 cm³/mol. The van der Waals surface area contributed by atoms with E-state index in [1.807, 2.05) is 0 Å². The molecule has 0 atom stereocenters. The van der Waals surface area contributed by atoms with E-state index in [0.717, 1.165) is 24.0 Å². The summed E-state index contributed by atoms with van der Waals surface area (Å²) in [5.74, 6) is -1.55. The Morgan fingerprint density at radius 2 is 2.05 bits per heavy atom. The van der Waals surface area contributed by atoms with Gasteiger partial charge in [-0.1, -0.05) is 11.8 Å². The molecule has 1 saturated carbocycles. The van der Waals surface area contributed by atoms with Crippen molar-refractivity contribution in [2.45, 2.75) is 30.1 Å². The number of carbonyl (C=O) groups is 2. The van der Waals surface area contributed by atoms with Crippen LogP contribution in [0.25, 0.3) is 0 Å². The molecule has 9 heteroatoms.